The highest BCUT2D eigenvalue weighted by atomic mass is 16.4. The van der Waals surface area contributed by atoms with Gasteiger partial charge in [-0.3, -0.25) is 24.0 Å². The number of phenolic OH excluding ortho intramolecular Hbond substituents is 1. The minimum Gasteiger partial charge on any atom is -0.508 e. The molecule has 4 amide bonds. The molecule has 218 valence electrons. The first-order valence-corrected chi connectivity index (χ1v) is 13.1. The zero-order valence-electron chi connectivity index (χ0n) is 22.1. The number of carboxylic acids is 2. The van der Waals surface area contributed by atoms with Gasteiger partial charge in [0.25, 0.3) is 0 Å². The first-order chi connectivity index (χ1) is 18.9. The number of likely N-dealkylation sites (tertiary alicyclic amines) is 2. The van der Waals surface area contributed by atoms with Gasteiger partial charge in [0.1, 0.15) is 29.9 Å². The maximum Gasteiger partial charge on any atom is 0.326 e. The van der Waals surface area contributed by atoms with Crippen LogP contribution in [0, 0.1) is 0 Å². The monoisotopic (exact) mass is 561 g/mol. The number of aliphatic carboxylic acids is 2. The van der Waals surface area contributed by atoms with Gasteiger partial charge in [-0.2, -0.15) is 0 Å². The predicted octanol–water partition coefficient (Wildman–Crippen LogP) is -1.21. The van der Waals surface area contributed by atoms with E-state index in [9.17, 15) is 44.1 Å². The molecular formula is C26H35N5O9. The molecular weight excluding hydrogens is 526 g/mol. The lowest BCUT2D eigenvalue weighted by Crippen LogP contribution is -2.58. The highest BCUT2D eigenvalue weighted by Crippen LogP contribution is 2.21. The van der Waals surface area contributed by atoms with Crippen LogP contribution in [0.5, 0.6) is 5.75 Å². The SMILES string of the molecule is C[C@H](NC(=O)[C@@H]1CCCN1C(=O)[C@@H](CC(=O)O)NC(=O)[C@@H](N)Cc1ccc(O)cc1)C(=O)N1CCC[C@H]1C(=O)O. The Hall–Kier alpha value is -4.20. The fourth-order valence-corrected chi connectivity index (χ4v) is 5.04. The van der Waals surface area contributed by atoms with E-state index in [1.165, 1.54) is 28.9 Å². The van der Waals surface area contributed by atoms with Crippen LogP contribution in [0.1, 0.15) is 44.6 Å². The number of benzene rings is 1. The Bertz CT molecular complexity index is 1140. The minimum atomic E-state index is -1.48. The number of hydrogen-bond acceptors (Lipinski definition) is 8. The lowest BCUT2D eigenvalue weighted by atomic mass is 10.0. The summed E-state index contributed by atoms with van der Waals surface area (Å²) >= 11 is 0. The summed E-state index contributed by atoms with van der Waals surface area (Å²) in [5.74, 6) is -5.14. The van der Waals surface area contributed by atoms with E-state index in [0.29, 0.717) is 24.8 Å². The normalized spacial score (nSPS) is 20.9. The van der Waals surface area contributed by atoms with Crippen molar-refractivity contribution < 1.29 is 44.1 Å². The molecule has 1 aromatic carbocycles. The third kappa shape index (κ3) is 7.46. The van der Waals surface area contributed by atoms with E-state index in [4.69, 9.17) is 5.73 Å². The van der Waals surface area contributed by atoms with E-state index in [2.05, 4.69) is 10.6 Å². The van der Waals surface area contributed by atoms with Crippen molar-refractivity contribution in [2.45, 2.75) is 75.7 Å². The van der Waals surface area contributed by atoms with Gasteiger partial charge in [-0.25, -0.2) is 4.79 Å². The van der Waals surface area contributed by atoms with Crippen LogP contribution in [-0.4, -0.2) is 104 Å². The number of carbonyl (C=O) groups excluding carboxylic acids is 4. The van der Waals surface area contributed by atoms with Crippen molar-refractivity contribution in [3.8, 4) is 5.75 Å². The van der Waals surface area contributed by atoms with E-state index < -0.39 is 72.2 Å². The number of carboxylic acid groups (broad SMARTS) is 2. The summed E-state index contributed by atoms with van der Waals surface area (Å²) in [6.07, 6.45) is 0.884. The second-order valence-electron chi connectivity index (χ2n) is 10.1. The summed E-state index contributed by atoms with van der Waals surface area (Å²) in [5.41, 5.74) is 6.62. The van der Waals surface area contributed by atoms with Gasteiger partial charge in [0.15, 0.2) is 0 Å². The van der Waals surface area contributed by atoms with Crippen molar-refractivity contribution in [2.24, 2.45) is 5.73 Å². The number of hydrogen-bond donors (Lipinski definition) is 6. The van der Waals surface area contributed by atoms with Gasteiger partial charge in [-0.05, 0) is 56.7 Å². The van der Waals surface area contributed by atoms with Gasteiger partial charge in [-0.15, -0.1) is 0 Å². The maximum atomic E-state index is 13.4. The summed E-state index contributed by atoms with van der Waals surface area (Å²) in [5, 5.41) is 33.1. The first-order valence-electron chi connectivity index (χ1n) is 13.1. The van der Waals surface area contributed by atoms with Crippen molar-refractivity contribution in [3.05, 3.63) is 29.8 Å². The van der Waals surface area contributed by atoms with E-state index in [-0.39, 0.29) is 31.7 Å². The number of amides is 4. The highest BCUT2D eigenvalue weighted by molar-refractivity contribution is 5.97. The van der Waals surface area contributed by atoms with Crippen LogP contribution in [-0.2, 0) is 35.2 Å². The summed E-state index contributed by atoms with van der Waals surface area (Å²) in [7, 11) is 0. The average Bonchev–Trinajstić information content (AvgIpc) is 3.58. The molecule has 0 aliphatic carbocycles. The minimum absolute atomic E-state index is 0.0392. The third-order valence-electron chi connectivity index (χ3n) is 7.11. The number of phenols is 1. The molecule has 40 heavy (non-hydrogen) atoms. The number of rotatable bonds is 11. The van der Waals surface area contributed by atoms with Crippen molar-refractivity contribution in [3.63, 3.8) is 0 Å². The average molecular weight is 562 g/mol. The molecule has 0 radical (unpaired) electrons. The van der Waals surface area contributed by atoms with Gasteiger partial charge in [0.05, 0.1) is 12.5 Å². The van der Waals surface area contributed by atoms with Gasteiger partial charge >= 0.3 is 11.9 Å². The van der Waals surface area contributed by atoms with E-state index in [0.717, 1.165) is 0 Å². The van der Waals surface area contributed by atoms with Crippen molar-refractivity contribution in [1.82, 2.24) is 20.4 Å². The quantitative estimate of drug-likeness (QED) is 0.189. The summed E-state index contributed by atoms with van der Waals surface area (Å²) in [6, 6.07) is 0.409. The summed E-state index contributed by atoms with van der Waals surface area (Å²) < 4.78 is 0. The fraction of sp³-hybridized carbons (Fsp3) is 0.538. The Kier molecular flexibility index (Phi) is 10.0. The molecule has 0 spiro atoms. The van der Waals surface area contributed by atoms with E-state index in [1.807, 2.05) is 0 Å². The molecule has 0 bridgehead atoms. The zero-order chi connectivity index (χ0) is 29.6. The van der Waals surface area contributed by atoms with Crippen LogP contribution in [0.2, 0.25) is 0 Å². The molecule has 7 N–H and O–H groups in total. The summed E-state index contributed by atoms with van der Waals surface area (Å²) in [6.45, 7) is 1.83. The van der Waals surface area contributed by atoms with Crippen molar-refractivity contribution >= 4 is 35.6 Å². The second kappa shape index (κ2) is 13.2. The third-order valence-corrected chi connectivity index (χ3v) is 7.11. The van der Waals surface area contributed by atoms with E-state index >= 15 is 0 Å². The molecule has 0 aromatic heterocycles. The van der Waals surface area contributed by atoms with Crippen LogP contribution < -0.4 is 16.4 Å². The summed E-state index contributed by atoms with van der Waals surface area (Å²) in [4.78, 5) is 77.3. The van der Waals surface area contributed by atoms with Crippen molar-refractivity contribution in [2.75, 3.05) is 13.1 Å². The Balaban J connectivity index is 1.65. The molecule has 0 saturated carbocycles. The number of aromatic hydroxyl groups is 1. The van der Waals surface area contributed by atoms with E-state index in [1.54, 1.807) is 12.1 Å². The van der Waals surface area contributed by atoms with Gasteiger partial charge in [-0.1, -0.05) is 12.1 Å². The van der Waals surface area contributed by atoms with Crippen LogP contribution in [0.25, 0.3) is 0 Å². The molecule has 14 heteroatoms. The Morgan fingerprint density at radius 2 is 1.50 bits per heavy atom. The van der Waals surface area contributed by atoms with Crippen LogP contribution in [0.3, 0.4) is 0 Å². The number of nitrogens with zero attached hydrogens (tertiary/aromatic N) is 2. The molecule has 2 fully saturated rings. The van der Waals surface area contributed by atoms with Gasteiger partial charge in [0.2, 0.25) is 23.6 Å². The largest absolute Gasteiger partial charge is 0.508 e. The maximum absolute atomic E-state index is 13.4. The van der Waals surface area contributed by atoms with Crippen LogP contribution >= 0.6 is 0 Å². The number of nitrogens with one attached hydrogen (secondary N) is 2. The van der Waals surface area contributed by atoms with Crippen molar-refractivity contribution in [1.29, 1.82) is 0 Å². The number of nitrogens with two attached hydrogens (primary N) is 1. The Labute approximate surface area is 230 Å². The molecule has 0 unspecified atom stereocenters. The lowest BCUT2D eigenvalue weighted by molar-refractivity contribution is -0.149. The van der Waals surface area contributed by atoms with Crippen LogP contribution in [0.15, 0.2) is 24.3 Å². The second-order valence-corrected chi connectivity index (χ2v) is 10.1. The molecule has 3 rings (SSSR count). The Morgan fingerprint density at radius 3 is 2.08 bits per heavy atom. The predicted molar refractivity (Wildman–Crippen MR) is 139 cm³/mol. The molecule has 14 nitrogen and oxygen atoms in total. The zero-order valence-corrected chi connectivity index (χ0v) is 22.1. The fourth-order valence-electron chi connectivity index (χ4n) is 5.04. The molecule has 2 saturated heterocycles. The topological polar surface area (TPSA) is 220 Å². The van der Waals surface area contributed by atoms with Crippen LogP contribution in [0.4, 0.5) is 0 Å². The van der Waals surface area contributed by atoms with Gasteiger partial charge < -0.3 is 41.5 Å². The molecule has 1 aromatic rings. The Morgan fingerprint density at radius 1 is 0.925 bits per heavy atom. The molecule has 5 atom stereocenters. The first kappa shape index (κ1) is 30.3. The highest BCUT2D eigenvalue weighted by Gasteiger charge is 2.41. The lowest BCUT2D eigenvalue weighted by Gasteiger charge is -2.30. The molecule has 2 aliphatic rings. The molecule has 2 aliphatic heterocycles. The standard InChI is InChI=1S/C26H35N5O9/c1-14(24(37)31-11-3-5-20(31)26(39)40)28-23(36)19-4-2-10-30(19)25(38)18(13-21(33)34)29-22(35)17(27)12-15-6-8-16(32)9-7-15/h6-9,14,17-20,32H,2-5,10-13,27H2,1H3,(H,28,36)(H,29,35)(H,33,34)(H,39,40)/t14-,17-,18+,19-,20-/m0/s1. The van der Waals surface area contributed by atoms with Gasteiger partial charge in [0, 0.05) is 13.1 Å². The smallest absolute Gasteiger partial charge is 0.326 e. The number of carbonyl (C=O) groups is 6. The molecule has 2 heterocycles.